The van der Waals surface area contributed by atoms with Gasteiger partial charge >= 0.3 is 0 Å². The van der Waals surface area contributed by atoms with Gasteiger partial charge in [0.25, 0.3) is 0 Å². The van der Waals surface area contributed by atoms with Crippen LogP contribution in [0.25, 0.3) is 72.0 Å². The molecule has 10 aromatic rings. The Balaban J connectivity index is 1.08. The second kappa shape index (κ2) is 12.4. The zero-order valence-corrected chi connectivity index (χ0v) is 31.4. The van der Waals surface area contributed by atoms with Gasteiger partial charge in [-0.1, -0.05) is 188 Å². The van der Waals surface area contributed by atoms with Gasteiger partial charge in [0.1, 0.15) is 0 Å². The number of hydrogen-bond acceptors (Lipinski definition) is 0. The van der Waals surface area contributed by atoms with E-state index in [0.717, 1.165) is 6.42 Å². The minimum absolute atomic E-state index is 0.520. The highest BCUT2D eigenvalue weighted by atomic mass is 15.0. The van der Waals surface area contributed by atoms with Crippen LogP contribution < -0.4 is 0 Å². The van der Waals surface area contributed by atoms with Crippen molar-refractivity contribution in [3.63, 3.8) is 0 Å². The number of aromatic nitrogens is 1. The molecule has 0 fully saturated rings. The number of fused-ring (bicyclic) bond motifs is 12. The smallest absolute Gasteiger partial charge is 0.0754 e. The topological polar surface area (TPSA) is 4.93 Å². The Kier molecular flexibility index (Phi) is 6.97. The van der Waals surface area contributed by atoms with E-state index in [1.54, 1.807) is 0 Å². The van der Waals surface area contributed by atoms with Crippen LogP contribution in [0.4, 0.5) is 0 Å². The van der Waals surface area contributed by atoms with E-state index in [1.165, 1.54) is 105 Å². The van der Waals surface area contributed by atoms with E-state index >= 15 is 0 Å². The van der Waals surface area contributed by atoms with E-state index in [0.29, 0.717) is 0 Å². The van der Waals surface area contributed by atoms with E-state index in [4.69, 9.17) is 0 Å². The van der Waals surface area contributed by atoms with Crippen molar-refractivity contribution in [1.29, 1.82) is 0 Å². The molecule has 57 heavy (non-hydrogen) atoms. The summed E-state index contributed by atoms with van der Waals surface area (Å²) in [6.45, 7) is 0. The van der Waals surface area contributed by atoms with Crippen LogP contribution in [0.15, 0.2) is 212 Å². The van der Waals surface area contributed by atoms with Crippen LogP contribution in [0.2, 0.25) is 0 Å². The predicted octanol–water partition coefficient (Wildman–Crippen LogP) is 14.1. The molecule has 1 aliphatic heterocycles. The highest BCUT2D eigenvalue weighted by Crippen LogP contribution is 2.63. The maximum Gasteiger partial charge on any atom is 0.0754 e. The third kappa shape index (κ3) is 4.63. The SMILES string of the molecule is c1ccc(Cc2ccc(-c3ccc(-c4cc(-c5ccccc5)c5c(c4)C4(c6ccccc6-5)c5ccccc5-n5c6ccccc6c6cccc4c65)cc3)cc2)cc1. The zero-order chi connectivity index (χ0) is 37.5. The van der Waals surface area contributed by atoms with Crippen molar-refractivity contribution in [2.75, 3.05) is 0 Å². The van der Waals surface area contributed by atoms with Crippen molar-refractivity contribution in [2.24, 2.45) is 0 Å². The van der Waals surface area contributed by atoms with E-state index in [-0.39, 0.29) is 0 Å². The van der Waals surface area contributed by atoms with Crippen LogP contribution in [0.3, 0.4) is 0 Å². The lowest BCUT2D eigenvalue weighted by molar-refractivity contribution is 0.749. The van der Waals surface area contributed by atoms with Crippen molar-refractivity contribution in [3.05, 3.63) is 246 Å². The van der Waals surface area contributed by atoms with E-state index < -0.39 is 5.41 Å². The van der Waals surface area contributed by atoms with Crippen molar-refractivity contribution < 1.29 is 0 Å². The fourth-order valence-electron chi connectivity index (χ4n) is 10.2. The normalized spacial score (nSPS) is 14.8. The number of para-hydroxylation sites is 3. The molecule has 0 N–H and O–H groups in total. The number of nitrogens with zero attached hydrogens (tertiary/aromatic N) is 1. The van der Waals surface area contributed by atoms with Gasteiger partial charge in [0.15, 0.2) is 0 Å². The highest BCUT2D eigenvalue weighted by molar-refractivity contribution is 6.13. The summed E-state index contributed by atoms with van der Waals surface area (Å²) in [7, 11) is 0. The summed E-state index contributed by atoms with van der Waals surface area (Å²) in [4.78, 5) is 0. The van der Waals surface area contributed by atoms with E-state index in [9.17, 15) is 0 Å². The first-order valence-corrected chi connectivity index (χ1v) is 20.0. The summed E-state index contributed by atoms with van der Waals surface area (Å²) in [6.07, 6.45) is 0.939. The molecule has 1 unspecified atom stereocenters. The lowest BCUT2D eigenvalue weighted by Gasteiger charge is -2.39. The van der Waals surface area contributed by atoms with Gasteiger partial charge in [0.2, 0.25) is 0 Å². The summed E-state index contributed by atoms with van der Waals surface area (Å²) in [5.74, 6) is 0. The molecule has 0 amide bonds. The molecule has 0 bridgehead atoms. The molecular weight excluding hydrogens is 687 g/mol. The number of hydrogen-bond donors (Lipinski definition) is 0. The van der Waals surface area contributed by atoms with Gasteiger partial charge in [0.05, 0.1) is 22.1 Å². The Hall–Kier alpha value is -7.22. The van der Waals surface area contributed by atoms with Crippen molar-refractivity contribution in [2.45, 2.75) is 11.8 Å². The summed E-state index contributed by atoms with van der Waals surface area (Å²) in [5.41, 5.74) is 21.3. The minimum Gasteiger partial charge on any atom is -0.309 e. The molecule has 1 nitrogen and oxygen atoms in total. The van der Waals surface area contributed by atoms with Gasteiger partial charge in [-0.3, -0.25) is 0 Å². The van der Waals surface area contributed by atoms with Crippen molar-refractivity contribution in [1.82, 2.24) is 4.57 Å². The first kappa shape index (κ1) is 32.1. The molecule has 2 aliphatic rings. The van der Waals surface area contributed by atoms with Crippen LogP contribution in [0.1, 0.15) is 33.4 Å². The Morgan fingerprint density at radius 2 is 0.930 bits per heavy atom. The molecule has 1 atom stereocenters. The average Bonchev–Trinajstić information content (AvgIpc) is 3.78. The first-order chi connectivity index (χ1) is 28.3. The molecule has 9 aromatic carbocycles. The summed E-state index contributed by atoms with van der Waals surface area (Å²) < 4.78 is 2.52. The lowest BCUT2D eigenvalue weighted by Crippen LogP contribution is -2.33. The maximum atomic E-state index is 2.52. The van der Waals surface area contributed by atoms with Crippen LogP contribution in [0, 0.1) is 0 Å². The van der Waals surface area contributed by atoms with Crippen LogP contribution in [-0.2, 0) is 11.8 Å². The summed E-state index contributed by atoms with van der Waals surface area (Å²) in [5, 5.41) is 2.59. The Morgan fingerprint density at radius 3 is 1.72 bits per heavy atom. The van der Waals surface area contributed by atoms with Gasteiger partial charge in [0, 0.05) is 10.8 Å². The Morgan fingerprint density at radius 1 is 0.351 bits per heavy atom. The largest absolute Gasteiger partial charge is 0.309 e. The standard InChI is InChI=1S/C56H37N/c1-3-14-37(15-4-1)34-38-26-28-39(29-27-38)40-30-32-41(33-31-40)43-35-47(42-16-5-2-6-17-42)54-46-19-7-9-21-48(46)56(51(54)36-43)49-22-10-12-25-53(49)57-52-24-11-8-18-44(52)45-20-13-23-50(56)55(45)57/h1-33,35-36H,34H2. The predicted molar refractivity (Wildman–Crippen MR) is 237 cm³/mol. The van der Waals surface area contributed by atoms with E-state index in [1.807, 2.05) is 0 Å². The van der Waals surface area contributed by atoms with Crippen molar-refractivity contribution in [3.8, 4) is 50.2 Å². The highest BCUT2D eigenvalue weighted by Gasteiger charge is 2.51. The second-order valence-electron chi connectivity index (χ2n) is 15.6. The zero-order valence-electron chi connectivity index (χ0n) is 31.4. The minimum atomic E-state index is -0.520. The maximum absolute atomic E-state index is 2.52. The summed E-state index contributed by atoms with van der Waals surface area (Å²) in [6, 6.07) is 79.1. The third-order valence-electron chi connectivity index (χ3n) is 12.6. The van der Waals surface area contributed by atoms with Gasteiger partial charge < -0.3 is 4.57 Å². The van der Waals surface area contributed by atoms with Gasteiger partial charge in [-0.25, -0.2) is 0 Å². The fraction of sp³-hybridized carbons (Fsp3) is 0.0357. The van der Waals surface area contributed by atoms with E-state index in [2.05, 4.69) is 217 Å². The van der Waals surface area contributed by atoms with Crippen LogP contribution in [0.5, 0.6) is 0 Å². The molecule has 0 saturated heterocycles. The number of benzene rings is 9. The van der Waals surface area contributed by atoms with Crippen LogP contribution >= 0.6 is 0 Å². The Bertz CT molecular complexity index is 3170. The van der Waals surface area contributed by atoms with Gasteiger partial charge in [-0.05, 0) is 109 Å². The molecule has 1 spiro atoms. The molecule has 12 rings (SSSR count). The number of rotatable bonds is 5. The lowest BCUT2D eigenvalue weighted by atomic mass is 9.65. The molecule has 1 aromatic heterocycles. The molecule has 1 heteroatoms. The molecule has 0 saturated carbocycles. The molecule has 0 radical (unpaired) electrons. The Labute approximate surface area is 332 Å². The molecule has 266 valence electrons. The quantitative estimate of drug-likeness (QED) is 0.167. The van der Waals surface area contributed by atoms with Crippen LogP contribution in [-0.4, -0.2) is 4.57 Å². The second-order valence-corrected chi connectivity index (χ2v) is 15.6. The first-order valence-electron chi connectivity index (χ1n) is 20.0. The molecular formula is C56H37N. The van der Waals surface area contributed by atoms with Gasteiger partial charge in [-0.15, -0.1) is 0 Å². The third-order valence-corrected chi connectivity index (χ3v) is 12.6. The molecule has 2 heterocycles. The summed E-state index contributed by atoms with van der Waals surface area (Å²) >= 11 is 0. The monoisotopic (exact) mass is 723 g/mol. The van der Waals surface area contributed by atoms with Gasteiger partial charge in [-0.2, -0.15) is 0 Å². The molecule has 1 aliphatic carbocycles. The van der Waals surface area contributed by atoms with Crippen molar-refractivity contribution >= 4 is 21.8 Å². The average molecular weight is 724 g/mol. The fourth-order valence-corrected chi connectivity index (χ4v) is 10.2.